The van der Waals surface area contributed by atoms with E-state index in [1.54, 1.807) is 30.5 Å². The molecule has 3 heterocycles. The number of carbonyl (C=O) groups is 1. The lowest BCUT2D eigenvalue weighted by Gasteiger charge is -2.26. The highest BCUT2D eigenvalue weighted by molar-refractivity contribution is 7.92. The maximum atomic E-state index is 13.1. The first-order chi connectivity index (χ1) is 14.5. The Hall–Kier alpha value is -1.81. The molecular weight excluding hydrogens is 424 g/mol. The maximum absolute atomic E-state index is 13.1. The van der Waals surface area contributed by atoms with Crippen LogP contribution in [0, 0.1) is 5.92 Å². The molecule has 162 valence electrons. The van der Waals surface area contributed by atoms with Gasteiger partial charge in [-0.2, -0.15) is 0 Å². The first-order valence-corrected chi connectivity index (χ1v) is 12.7. The molecule has 0 bridgehead atoms. The number of aromatic nitrogens is 1. The van der Waals surface area contributed by atoms with Crippen LogP contribution in [0.3, 0.4) is 0 Å². The average molecular weight is 451 g/mol. The molecule has 2 saturated heterocycles. The van der Waals surface area contributed by atoms with Crippen molar-refractivity contribution < 1.29 is 22.7 Å². The molecule has 2 aliphatic rings. The van der Waals surface area contributed by atoms with Crippen molar-refractivity contribution >= 4 is 32.2 Å². The number of amides is 1. The fourth-order valence-electron chi connectivity index (χ4n) is 4.03. The number of hydrogen-bond donors (Lipinski definition) is 1. The lowest BCUT2D eigenvalue weighted by atomic mass is 9.84. The van der Waals surface area contributed by atoms with Gasteiger partial charge in [0.25, 0.3) is 0 Å². The second kappa shape index (κ2) is 9.55. The third-order valence-corrected chi connectivity index (χ3v) is 8.69. The van der Waals surface area contributed by atoms with Crippen LogP contribution in [-0.4, -0.2) is 51.0 Å². The molecule has 1 aromatic carbocycles. The molecule has 9 heteroatoms. The number of thiazole rings is 1. The van der Waals surface area contributed by atoms with Crippen molar-refractivity contribution in [2.45, 2.75) is 41.7 Å². The molecule has 2 atom stereocenters. The van der Waals surface area contributed by atoms with Gasteiger partial charge in [0.05, 0.1) is 22.7 Å². The van der Waals surface area contributed by atoms with E-state index in [0.717, 1.165) is 18.4 Å². The van der Waals surface area contributed by atoms with Gasteiger partial charge in [0.1, 0.15) is 0 Å². The summed E-state index contributed by atoms with van der Waals surface area (Å²) in [6.45, 7) is 2.15. The van der Waals surface area contributed by atoms with Gasteiger partial charge in [-0.15, -0.1) is 11.3 Å². The second-order valence-corrected chi connectivity index (χ2v) is 10.9. The van der Waals surface area contributed by atoms with Crippen LogP contribution in [0.4, 0.5) is 5.13 Å². The molecular formula is C21H26N2O5S2. The fraction of sp³-hybridized carbons (Fsp3) is 0.524. The first-order valence-electron chi connectivity index (χ1n) is 10.2. The van der Waals surface area contributed by atoms with Crippen molar-refractivity contribution in [3.8, 4) is 0 Å². The molecule has 1 aromatic heterocycles. The predicted molar refractivity (Wildman–Crippen MR) is 114 cm³/mol. The van der Waals surface area contributed by atoms with E-state index in [-0.39, 0.29) is 23.3 Å². The Labute approximate surface area is 180 Å². The van der Waals surface area contributed by atoms with Crippen LogP contribution < -0.4 is 5.32 Å². The Balaban J connectivity index is 1.55. The van der Waals surface area contributed by atoms with Crippen LogP contribution in [0.15, 0.2) is 40.7 Å². The van der Waals surface area contributed by atoms with Gasteiger partial charge in [-0.05, 0) is 49.3 Å². The summed E-state index contributed by atoms with van der Waals surface area (Å²) < 4.78 is 36.3. The Bertz CT molecular complexity index is 932. The summed E-state index contributed by atoms with van der Waals surface area (Å²) in [6, 6.07) is 6.79. The van der Waals surface area contributed by atoms with Crippen LogP contribution in [0.2, 0.25) is 0 Å². The van der Waals surface area contributed by atoms with Crippen LogP contribution in [0.1, 0.15) is 37.2 Å². The first kappa shape index (κ1) is 21.4. The molecule has 30 heavy (non-hydrogen) atoms. The number of rotatable bonds is 7. The topological polar surface area (TPSA) is 94.6 Å². The van der Waals surface area contributed by atoms with Crippen LogP contribution in [0.5, 0.6) is 0 Å². The van der Waals surface area contributed by atoms with Crippen molar-refractivity contribution in [1.82, 2.24) is 4.98 Å². The molecule has 0 spiro atoms. The van der Waals surface area contributed by atoms with E-state index in [1.807, 2.05) is 5.38 Å². The van der Waals surface area contributed by atoms with E-state index in [1.165, 1.54) is 11.3 Å². The van der Waals surface area contributed by atoms with Gasteiger partial charge >= 0.3 is 0 Å². The lowest BCUT2D eigenvalue weighted by molar-refractivity contribution is -0.118. The number of sulfone groups is 1. The smallest absolute Gasteiger partial charge is 0.233 e. The number of benzene rings is 1. The second-order valence-electron chi connectivity index (χ2n) is 7.77. The van der Waals surface area contributed by atoms with Crippen molar-refractivity contribution in [2.75, 3.05) is 31.7 Å². The normalized spacial score (nSPS) is 21.4. The molecule has 0 aliphatic carbocycles. The van der Waals surface area contributed by atoms with E-state index in [0.29, 0.717) is 43.7 Å². The number of ether oxygens (including phenoxy) is 2. The number of nitrogens with zero attached hydrogens (tertiary/aromatic N) is 1. The SMILES string of the molecule is O=C(Nc1nccs1)C(CC1CCOCC1)c1ccc(S(=O)(=O)[C@@H]2CCOC2)cc1. The zero-order valence-electron chi connectivity index (χ0n) is 16.7. The third kappa shape index (κ3) is 4.91. The predicted octanol–water partition coefficient (Wildman–Crippen LogP) is 3.24. The quantitative estimate of drug-likeness (QED) is 0.696. The summed E-state index contributed by atoms with van der Waals surface area (Å²) in [6.07, 6.45) is 4.72. The van der Waals surface area contributed by atoms with Crippen molar-refractivity contribution in [3.63, 3.8) is 0 Å². The van der Waals surface area contributed by atoms with Gasteiger partial charge in [-0.25, -0.2) is 13.4 Å². The molecule has 1 unspecified atom stereocenters. The third-order valence-electron chi connectivity index (χ3n) is 5.83. The highest BCUT2D eigenvalue weighted by Gasteiger charge is 2.32. The van der Waals surface area contributed by atoms with Crippen LogP contribution >= 0.6 is 11.3 Å². The summed E-state index contributed by atoms with van der Waals surface area (Å²) >= 11 is 1.38. The number of carbonyl (C=O) groups excluding carboxylic acids is 1. The Kier molecular flexibility index (Phi) is 6.82. The maximum Gasteiger partial charge on any atom is 0.233 e. The minimum atomic E-state index is -3.42. The van der Waals surface area contributed by atoms with E-state index in [9.17, 15) is 13.2 Å². The van der Waals surface area contributed by atoms with E-state index in [4.69, 9.17) is 9.47 Å². The molecule has 2 aliphatic heterocycles. The zero-order valence-corrected chi connectivity index (χ0v) is 18.3. The van der Waals surface area contributed by atoms with Gasteiger partial charge in [-0.3, -0.25) is 4.79 Å². The molecule has 2 aromatic rings. The molecule has 0 saturated carbocycles. The Morgan fingerprint density at radius 3 is 2.50 bits per heavy atom. The van der Waals surface area contributed by atoms with Crippen molar-refractivity contribution in [3.05, 3.63) is 41.4 Å². The van der Waals surface area contributed by atoms with E-state index >= 15 is 0 Å². The summed E-state index contributed by atoms with van der Waals surface area (Å²) in [5.41, 5.74) is 0.817. The summed E-state index contributed by atoms with van der Waals surface area (Å²) in [7, 11) is -3.42. The van der Waals surface area contributed by atoms with Crippen molar-refractivity contribution in [1.29, 1.82) is 0 Å². The summed E-state index contributed by atoms with van der Waals surface area (Å²) in [5.74, 6) is -0.0929. The number of hydrogen-bond acceptors (Lipinski definition) is 7. The molecule has 0 radical (unpaired) electrons. The summed E-state index contributed by atoms with van der Waals surface area (Å²) in [5, 5.41) is 4.79. The monoisotopic (exact) mass is 450 g/mol. The van der Waals surface area contributed by atoms with Crippen LogP contribution in [0.25, 0.3) is 0 Å². The van der Waals surface area contributed by atoms with Gasteiger partial charge in [0, 0.05) is 31.4 Å². The molecule has 1 amide bonds. The van der Waals surface area contributed by atoms with Crippen molar-refractivity contribution in [2.24, 2.45) is 5.92 Å². The standard InChI is InChI=1S/C21H26N2O5S2/c24-20(23-21-22-8-12-29-21)19(13-15-5-9-27-10-6-15)16-1-3-17(4-2-16)30(25,26)18-7-11-28-14-18/h1-4,8,12,15,18-19H,5-7,9-11,13-14H2,(H,22,23,24)/t18-,19?/m1/s1. The lowest BCUT2D eigenvalue weighted by Crippen LogP contribution is -2.26. The number of nitrogens with one attached hydrogen (secondary N) is 1. The van der Waals surface area contributed by atoms with Gasteiger partial charge in [0.2, 0.25) is 5.91 Å². The minimum Gasteiger partial charge on any atom is -0.381 e. The van der Waals surface area contributed by atoms with Gasteiger partial charge in [0.15, 0.2) is 15.0 Å². The van der Waals surface area contributed by atoms with E-state index in [2.05, 4.69) is 10.3 Å². The van der Waals surface area contributed by atoms with Gasteiger partial charge < -0.3 is 14.8 Å². The van der Waals surface area contributed by atoms with Gasteiger partial charge in [-0.1, -0.05) is 12.1 Å². The summed E-state index contributed by atoms with van der Waals surface area (Å²) in [4.78, 5) is 17.5. The molecule has 2 fully saturated rings. The molecule has 4 rings (SSSR count). The Morgan fingerprint density at radius 2 is 1.87 bits per heavy atom. The average Bonchev–Trinajstić information content (AvgIpc) is 3.47. The molecule has 7 nitrogen and oxygen atoms in total. The highest BCUT2D eigenvalue weighted by Crippen LogP contribution is 2.32. The number of anilines is 1. The zero-order chi connectivity index (χ0) is 21.0. The van der Waals surface area contributed by atoms with E-state index < -0.39 is 15.1 Å². The molecule has 1 N–H and O–H groups in total. The van der Waals surface area contributed by atoms with Crippen LogP contribution in [-0.2, 0) is 24.1 Å². The minimum absolute atomic E-state index is 0.115. The highest BCUT2D eigenvalue weighted by atomic mass is 32.2. The Morgan fingerprint density at radius 1 is 1.13 bits per heavy atom. The fourth-order valence-corrected chi connectivity index (χ4v) is 6.14. The largest absolute Gasteiger partial charge is 0.381 e.